The average molecular weight is 411 g/mol. The minimum absolute atomic E-state index is 0.0255. The summed E-state index contributed by atoms with van der Waals surface area (Å²) >= 11 is 0. The van der Waals surface area contributed by atoms with Crippen LogP contribution in [0.1, 0.15) is 36.6 Å². The summed E-state index contributed by atoms with van der Waals surface area (Å²) in [5, 5.41) is 3.08. The largest absolute Gasteiger partial charge is 0.494 e. The van der Waals surface area contributed by atoms with Gasteiger partial charge in [-0.15, -0.1) is 0 Å². The summed E-state index contributed by atoms with van der Waals surface area (Å²) in [5.74, 6) is 1.73. The molecule has 1 aliphatic carbocycles. The van der Waals surface area contributed by atoms with Crippen LogP contribution >= 0.6 is 0 Å². The van der Waals surface area contributed by atoms with Crippen molar-refractivity contribution in [2.75, 3.05) is 37.8 Å². The molecular formula is C23H30N4O3. The average Bonchev–Trinajstić information content (AvgIpc) is 2.81. The van der Waals surface area contributed by atoms with Crippen molar-refractivity contribution < 1.29 is 14.3 Å². The quantitative estimate of drug-likeness (QED) is 0.756. The maximum Gasteiger partial charge on any atom is 0.225 e. The maximum absolute atomic E-state index is 12.7. The van der Waals surface area contributed by atoms with E-state index in [0.717, 1.165) is 80.7 Å². The molecular weight excluding hydrogens is 380 g/mol. The molecule has 7 nitrogen and oxygen atoms in total. The van der Waals surface area contributed by atoms with E-state index in [1.54, 1.807) is 0 Å². The summed E-state index contributed by atoms with van der Waals surface area (Å²) in [6.07, 6.45) is 5.23. The fourth-order valence-corrected chi connectivity index (χ4v) is 3.89. The number of anilines is 1. The number of fused-ring (bicyclic) bond motifs is 1. The van der Waals surface area contributed by atoms with Crippen LogP contribution in [0.25, 0.3) is 0 Å². The van der Waals surface area contributed by atoms with Crippen LogP contribution in [0.4, 0.5) is 5.95 Å². The molecule has 0 bridgehead atoms. The number of hydrogen-bond acceptors (Lipinski definition) is 6. The van der Waals surface area contributed by atoms with Crippen LogP contribution in [0.15, 0.2) is 30.5 Å². The molecule has 7 heteroatoms. The molecule has 1 amide bonds. The highest BCUT2D eigenvalue weighted by Gasteiger charge is 2.26. The van der Waals surface area contributed by atoms with Gasteiger partial charge in [-0.2, -0.15) is 0 Å². The molecule has 1 aromatic heterocycles. The smallest absolute Gasteiger partial charge is 0.225 e. The van der Waals surface area contributed by atoms with Crippen LogP contribution in [0, 0.1) is 5.92 Å². The van der Waals surface area contributed by atoms with Crippen LogP contribution in [0.5, 0.6) is 5.75 Å². The number of carbonyl (C=O) groups excluding carboxylic acids is 1. The molecule has 1 aromatic carbocycles. The third-order valence-electron chi connectivity index (χ3n) is 5.67. The van der Waals surface area contributed by atoms with Crippen molar-refractivity contribution >= 4 is 11.9 Å². The standard InChI is InChI=1S/C23H30N4O3/c1-2-11-30-20-6-3-17(4-7-20)15-24-22(28)18-5-8-21-19(14-18)16-25-23(26-21)27-9-12-29-13-10-27/h3-4,6-7,16,18H,2,5,8-15H2,1H3,(H,24,28). The molecule has 1 fully saturated rings. The number of benzene rings is 1. The zero-order valence-electron chi connectivity index (χ0n) is 17.6. The maximum atomic E-state index is 12.7. The second-order valence-electron chi connectivity index (χ2n) is 7.89. The number of hydrogen-bond donors (Lipinski definition) is 1. The summed E-state index contributed by atoms with van der Waals surface area (Å²) in [6.45, 7) is 6.43. The van der Waals surface area contributed by atoms with Gasteiger partial charge in [0.2, 0.25) is 11.9 Å². The molecule has 1 aliphatic heterocycles. The number of nitrogens with one attached hydrogen (secondary N) is 1. The van der Waals surface area contributed by atoms with E-state index in [-0.39, 0.29) is 11.8 Å². The Balaban J connectivity index is 1.30. The van der Waals surface area contributed by atoms with Gasteiger partial charge < -0.3 is 19.7 Å². The monoisotopic (exact) mass is 410 g/mol. The van der Waals surface area contributed by atoms with Gasteiger partial charge >= 0.3 is 0 Å². The van der Waals surface area contributed by atoms with Gasteiger partial charge in [-0.25, -0.2) is 9.97 Å². The van der Waals surface area contributed by atoms with Gasteiger partial charge in [0, 0.05) is 37.4 Å². The number of rotatable bonds is 7. The summed E-state index contributed by atoms with van der Waals surface area (Å²) in [6, 6.07) is 7.92. The zero-order valence-corrected chi connectivity index (χ0v) is 17.6. The molecule has 0 saturated carbocycles. The molecule has 2 aliphatic rings. The molecule has 2 heterocycles. The Bertz CT molecular complexity index is 850. The third kappa shape index (κ3) is 5.08. The van der Waals surface area contributed by atoms with Gasteiger partial charge in [-0.3, -0.25) is 4.79 Å². The van der Waals surface area contributed by atoms with Gasteiger partial charge in [-0.1, -0.05) is 19.1 Å². The Morgan fingerprint density at radius 3 is 2.83 bits per heavy atom. The van der Waals surface area contributed by atoms with E-state index in [1.807, 2.05) is 30.5 Å². The molecule has 30 heavy (non-hydrogen) atoms. The molecule has 2 aromatic rings. The van der Waals surface area contributed by atoms with Crippen molar-refractivity contribution in [3.05, 3.63) is 47.3 Å². The van der Waals surface area contributed by atoms with E-state index in [4.69, 9.17) is 14.5 Å². The number of amides is 1. The van der Waals surface area contributed by atoms with Crippen molar-refractivity contribution in [1.82, 2.24) is 15.3 Å². The van der Waals surface area contributed by atoms with Crippen molar-refractivity contribution in [1.29, 1.82) is 0 Å². The number of aryl methyl sites for hydroxylation is 1. The molecule has 1 saturated heterocycles. The number of carbonyl (C=O) groups is 1. The Kier molecular flexibility index (Phi) is 6.79. The van der Waals surface area contributed by atoms with Gasteiger partial charge in [0.1, 0.15) is 5.75 Å². The lowest BCUT2D eigenvalue weighted by Crippen LogP contribution is -2.38. The topological polar surface area (TPSA) is 76.6 Å². The van der Waals surface area contributed by atoms with Crippen molar-refractivity contribution in [2.24, 2.45) is 5.92 Å². The minimum atomic E-state index is -0.0255. The van der Waals surface area contributed by atoms with E-state index in [0.29, 0.717) is 13.0 Å². The normalized spacial score (nSPS) is 18.6. The predicted molar refractivity (Wildman–Crippen MR) is 115 cm³/mol. The molecule has 0 spiro atoms. The van der Waals surface area contributed by atoms with E-state index < -0.39 is 0 Å². The van der Waals surface area contributed by atoms with E-state index in [1.165, 1.54) is 0 Å². The molecule has 1 N–H and O–H groups in total. The second-order valence-corrected chi connectivity index (χ2v) is 7.89. The molecule has 0 radical (unpaired) electrons. The van der Waals surface area contributed by atoms with Crippen molar-refractivity contribution in [3.63, 3.8) is 0 Å². The van der Waals surface area contributed by atoms with Crippen molar-refractivity contribution in [2.45, 2.75) is 39.2 Å². The third-order valence-corrected chi connectivity index (χ3v) is 5.67. The van der Waals surface area contributed by atoms with Crippen LogP contribution < -0.4 is 15.0 Å². The van der Waals surface area contributed by atoms with Gasteiger partial charge in [0.25, 0.3) is 0 Å². The first-order valence-corrected chi connectivity index (χ1v) is 10.9. The summed E-state index contributed by atoms with van der Waals surface area (Å²) in [4.78, 5) is 24.2. The number of morpholine rings is 1. The van der Waals surface area contributed by atoms with Gasteiger partial charge in [-0.05, 0) is 48.9 Å². The first-order chi connectivity index (χ1) is 14.7. The molecule has 4 rings (SSSR count). The molecule has 1 atom stereocenters. The summed E-state index contributed by atoms with van der Waals surface area (Å²) in [7, 11) is 0. The highest BCUT2D eigenvalue weighted by molar-refractivity contribution is 5.79. The first kappa shape index (κ1) is 20.6. The van der Waals surface area contributed by atoms with Crippen LogP contribution in [0.3, 0.4) is 0 Å². The van der Waals surface area contributed by atoms with E-state index in [9.17, 15) is 4.79 Å². The first-order valence-electron chi connectivity index (χ1n) is 10.9. The van der Waals surface area contributed by atoms with Crippen LogP contribution in [0.2, 0.25) is 0 Å². The fraction of sp³-hybridized carbons (Fsp3) is 0.522. The SMILES string of the molecule is CCCOc1ccc(CNC(=O)C2CCc3nc(N4CCOCC4)ncc3C2)cc1. The lowest BCUT2D eigenvalue weighted by Gasteiger charge is -2.28. The Labute approximate surface area is 177 Å². The lowest BCUT2D eigenvalue weighted by molar-refractivity contribution is -0.125. The highest BCUT2D eigenvalue weighted by Crippen LogP contribution is 2.26. The van der Waals surface area contributed by atoms with Gasteiger partial charge in [0.15, 0.2) is 0 Å². The minimum Gasteiger partial charge on any atom is -0.494 e. The Hall–Kier alpha value is -2.67. The van der Waals surface area contributed by atoms with Crippen LogP contribution in [-0.2, 0) is 28.9 Å². The van der Waals surface area contributed by atoms with E-state index >= 15 is 0 Å². The van der Waals surface area contributed by atoms with Crippen molar-refractivity contribution in [3.8, 4) is 5.75 Å². The number of ether oxygens (including phenoxy) is 2. The number of aromatic nitrogens is 2. The van der Waals surface area contributed by atoms with Crippen LogP contribution in [-0.4, -0.2) is 48.8 Å². The Morgan fingerprint density at radius 2 is 2.07 bits per heavy atom. The Morgan fingerprint density at radius 1 is 1.27 bits per heavy atom. The number of nitrogens with zero attached hydrogens (tertiary/aromatic N) is 3. The highest BCUT2D eigenvalue weighted by atomic mass is 16.5. The molecule has 160 valence electrons. The summed E-state index contributed by atoms with van der Waals surface area (Å²) < 4.78 is 11.0. The van der Waals surface area contributed by atoms with Gasteiger partial charge in [0.05, 0.1) is 19.8 Å². The lowest BCUT2D eigenvalue weighted by atomic mass is 9.86. The summed E-state index contributed by atoms with van der Waals surface area (Å²) in [5.41, 5.74) is 3.25. The fourth-order valence-electron chi connectivity index (χ4n) is 3.89. The second kappa shape index (κ2) is 9.89. The van der Waals surface area contributed by atoms with E-state index in [2.05, 4.69) is 22.1 Å². The predicted octanol–water partition coefficient (Wildman–Crippen LogP) is 2.52. The zero-order chi connectivity index (χ0) is 20.8. The molecule has 1 unspecified atom stereocenters.